The molecule has 0 radical (unpaired) electrons. The molecule has 3 unspecified atom stereocenters. The van der Waals surface area contributed by atoms with Gasteiger partial charge in [0.1, 0.15) is 11.9 Å². The highest BCUT2D eigenvalue weighted by Crippen LogP contribution is 2.31. The number of carboxylic acid groups (broad SMARTS) is 1. The number of hydrogen-bond donors (Lipinski definition) is 1. The summed E-state index contributed by atoms with van der Waals surface area (Å²) in [6.07, 6.45) is 0.744. The first kappa shape index (κ1) is 18.7. The van der Waals surface area contributed by atoms with Crippen LogP contribution < -0.4 is 4.74 Å². The molecule has 0 saturated carbocycles. The van der Waals surface area contributed by atoms with Crippen molar-refractivity contribution in [2.24, 2.45) is 5.92 Å². The Morgan fingerprint density at radius 2 is 2.12 bits per heavy atom. The summed E-state index contributed by atoms with van der Waals surface area (Å²) in [5.74, 6) is -0.225. The lowest BCUT2D eigenvalue weighted by Crippen LogP contribution is -2.45. The number of amides is 1. The summed E-state index contributed by atoms with van der Waals surface area (Å²) in [5.41, 5.74) is 0.939. The summed E-state index contributed by atoms with van der Waals surface area (Å²) < 4.78 is 16.9. The lowest BCUT2D eigenvalue weighted by atomic mass is 10.00. The SMILES string of the molecule is COc1ccccc1C1CN(C(=O)C2COC(CCC(=O)O)C2)CCO1. The number of hydrogen-bond acceptors (Lipinski definition) is 5. The van der Waals surface area contributed by atoms with E-state index in [1.165, 1.54) is 0 Å². The van der Waals surface area contributed by atoms with Crippen molar-refractivity contribution in [1.82, 2.24) is 4.90 Å². The number of rotatable bonds is 6. The van der Waals surface area contributed by atoms with Crippen LogP contribution in [0.1, 0.15) is 30.9 Å². The molecule has 0 aliphatic carbocycles. The summed E-state index contributed by atoms with van der Waals surface area (Å²) in [6, 6.07) is 7.68. The Kier molecular flexibility index (Phi) is 6.11. The van der Waals surface area contributed by atoms with E-state index in [-0.39, 0.29) is 30.5 Å². The number of ether oxygens (including phenoxy) is 3. The van der Waals surface area contributed by atoms with Crippen LogP contribution in [-0.4, -0.2) is 61.4 Å². The maximum Gasteiger partial charge on any atom is 0.303 e. The molecule has 2 heterocycles. The van der Waals surface area contributed by atoms with Gasteiger partial charge in [-0.15, -0.1) is 0 Å². The molecule has 1 aromatic rings. The Hall–Kier alpha value is -2.12. The van der Waals surface area contributed by atoms with Crippen molar-refractivity contribution in [1.29, 1.82) is 0 Å². The monoisotopic (exact) mass is 363 g/mol. The van der Waals surface area contributed by atoms with Crippen molar-refractivity contribution in [3.8, 4) is 5.75 Å². The van der Waals surface area contributed by atoms with Crippen LogP contribution in [0, 0.1) is 5.92 Å². The van der Waals surface area contributed by atoms with E-state index in [2.05, 4.69) is 0 Å². The van der Waals surface area contributed by atoms with Crippen LogP contribution in [-0.2, 0) is 19.1 Å². The highest BCUT2D eigenvalue weighted by atomic mass is 16.5. The zero-order valence-corrected chi connectivity index (χ0v) is 14.9. The number of carbonyl (C=O) groups is 2. The fourth-order valence-corrected chi connectivity index (χ4v) is 3.59. The Morgan fingerprint density at radius 1 is 1.31 bits per heavy atom. The average Bonchev–Trinajstić information content (AvgIpc) is 3.15. The molecule has 1 amide bonds. The van der Waals surface area contributed by atoms with Gasteiger partial charge in [-0.1, -0.05) is 18.2 Å². The summed E-state index contributed by atoms with van der Waals surface area (Å²) in [5, 5.41) is 8.78. The standard InChI is InChI=1S/C19H25NO6/c1-24-16-5-3-2-4-15(16)17-11-20(8-9-25-17)19(23)13-10-14(26-12-13)6-7-18(21)22/h2-5,13-14,17H,6-12H2,1H3,(H,21,22). The van der Waals surface area contributed by atoms with Gasteiger partial charge in [-0.2, -0.15) is 0 Å². The molecule has 3 rings (SSSR count). The van der Waals surface area contributed by atoms with Gasteiger partial charge < -0.3 is 24.2 Å². The van der Waals surface area contributed by atoms with Crippen LogP contribution in [0.5, 0.6) is 5.75 Å². The number of benzene rings is 1. The number of morpholine rings is 1. The number of nitrogens with zero attached hydrogens (tertiary/aromatic N) is 1. The molecule has 7 heteroatoms. The third-order valence-electron chi connectivity index (χ3n) is 4.97. The number of carbonyl (C=O) groups excluding carboxylic acids is 1. The highest BCUT2D eigenvalue weighted by molar-refractivity contribution is 5.79. The van der Waals surface area contributed by atoms with Crippen molar-refractivity contribution >= 4 is 11.9 Å². The number of methoxy groups -OCH3 is 1. The largest absolute Gasteiger partial charge is 0.496 e. The van der Waals surface area contributed by atoms with Gasteiger partial charge in [0.15, 0.2) is 0 Å². The van der Waals surface area contributed by atoms with Gasteiger partial charge >= 0.3 is 5.97 Å². The molecule has 2 aliphatic heterocycles. The van der Waals surface area contributed by atoms with Crippen molar-refractivity contribution in [3.05, 3.63) is 29.8 Å². The fraction of sp³-hybridized carbons (Fsp3) is 0.579. The van der Waals surface area contributed by atoms with Crippen LogP contribution in [0.2, 0.25) is 0 Å². The molecule has 0 bridgehead atoms. The van der Waals surface area contributed by atoms with Crippen molar-refractivity contribution in [2.45, 2.75) is 31.5 Å². The Balaban J connectivity index is 1.59. The van der Waals surface area contributed by atoms with Gasteiger partial charge in [-0.25, -0.2) is 0 Å². The topological polar surface area (TPSA) is 85.3 Å². The Morgan fingerprint density at radius 3 is 2.88 bits per heavy atom. The van der Waals surface area contributed by atoms with E-state index in [9.17, 15) is 9.59 Å². The number of para-hydroxylation sites is 1. The smallest absolute Gasteiger partial charge is 0.303 e. The second kappa shape index (κ2) is 8.51. The predicted octanol–water partition coefficient (Wildman–Crippen LogP) is 1.86. The molecule has 1 aromatic carbocycles. The molecule has 0 aromatic heterocycles. The quantitative estimate of drug-likeness (QED) is 0.830. The third-order valence-corrected chi connectivity index (χ3v) is 4.97. The van der Waals surface area contributed by atoms with Gasteiger partial charge in [0, 0.05) is 18.5 Å². The molecule has 0 spiro atoms. The van der Waals surface area contributed by atoms with E-state index in [0.29, 0.717) is 39.1 Å². The van der Waals surface area contributed by atoms with E-state index in [1.54, 1.807) is 7.11 Å². The minimum atomic E-state index is -0.837. The van der Waals surface area contributed by atoms with Gasteiger partial charge in [0.25, 0.3) is 0 Å². The van der Waals surface area contributed by atoms with E-state index < -0.39 is 5.97 Å². The molecule has 2 aliphatic rings. The van der Waals surface area contributed by atoms with Crippen molar-refractivity contribution in [2.75, 3.05) is 33.4 Å². The van der Waals surface area contributed by atoms with Crippen LogP contribution in [0.25, 0.3) is 0 Å². The van der Waals surface area contributed by atoms with Gasteiger partial charge in [0.05, 0.1) is 38.9 Å². The zero-order valence-electron chi connectivity index (χ0n) is 14.9. The number of carboxylic acids is 1. The van der Waals surface area contributed by atoms with Gasteiger partial charge in [-0.3, -0.25) is 9.59 Å². The maximum absolute atomic E-state index is 12.9. The minimum Gasteiger partial charge on any atom is -0.496 e. The molecule has 26 heavy (non-hydrogen) atoms. The first-order valence-corrected chi connectivity index (χ1v) is 8.95. The molecule has 2 saturated heterocycles. The normalized spacial score (nSPS) is 25.9. The predicted molar refractivity (Wildman–Crippen MR) is 93.0 cm³/mol. The van der Waals surface area contributed by atoms with Crippen LogP contribution >= 0.6 is 0 Å². The second-order valence-corrected chi connectivity index (χ2v) is 6.71. The third kappa shape index (κ3) is 4.34. The van der Waals surface area contributed by atoms with Crippen molar-refractivity contribution < 1.29 is 28.9 Å². The van der Waals surface area contributed by atoms with E-state index in [1.807, 2.05) is 29.2 Å². The van der Waals surface area contributed by atoms with E-state index in [4.69, 9.17) is 19.3 Å². The molecule has 2 fully saturated rings. The average molecular weight is 363 g/mol. The van der Waals surface area contributed by atoms with Crippen LogP contribution in [0.15, 0.2) is 24.3 Å². The minimum absolute atomic E-state index is 0.0611. The van der Waals surface area contributed by atoms with Crippen molar-refractivity contribution in [3.63, 3.8) is 0 Å². The first-order valence-electron chi connectivity index (χ1n) is 8.95. The molecule has 142 valence electrons. The first-order chi connectivity index (χ1) is 12.6. The summed E-state index contributed by atoms with van der Waals surface area (Å²) in [4.78, 5) is 25.4. The van der Waals surface area contributed by atoms with Gasteiger partial charge in [-0.05, 0) is 18.9 Å². The molecule has 1 N–H and O–H groups in total. The molecular formula is C19H25NO6. The van der Waals surface area contributed by atoms with Gasteiger partial charge in [0.2, 0.25) is 5.91 Å². The summed E-state index contributed by atoms with van der Waals surface area (Å²) >= 11 is 0. The van der Waals surface area contributed by atoms with Crippen LogP contribution in [0.3, 0.4) is 0 Å². The fourth-order valence-electron chi connectivity index (χ4n) is 3.59. The lowest BCUT2D eigenvalue weighted by Gasteiger charge is -2.35. The maximum atomic E-state index is 12.9. The summed E-state index contributed by atoms with van der Waals surface area (Å²) in [7, 11) is 1.62. The number of aliphatic carboxylic acids is 1. The molecule has 7 nitrogen and oxygen atoms in total. The molecule has 3 atom stereocenters. The zero-order chi connectivity index (χ0) is 18.5. The highest BCUT2D eigenvalue weighted by Gasteiger charge is 2.36. The van der Waals surface area contributed by atoms with E-state index >= 15 is 0 Å². The molecular weight excluding hydrogens is 338 g/mol. The Bertz CT molecular complexity index is 649. The van der Waals surface area contributed by atoms with Crippen LogP contribution in [0.4, 0.5) is 0 Å². The summed E-state index contributed by atoms with van der Waals surface area (Å²) in [6.45, 7) is 1.88. The van der Waals surface area contributed by atoms with E-state index in [0.717, 1.165) is 11.3 Å². The lowest BCUT2D eigenvalue weighted by molar-refractivity contribution is -0.143. The Labute approximate surface area is 152 Å². The second-order valence-electron chi connectivity index (χ2n) is 6.71.